The summed E-state index contributed by atoms with van der Waals surface area (Å²) < 4.78 is 86.5. The number of aromatic hydroxyl groups is 1. The number of alkyl halides is 3. The highest BCUT2D eigenvalue weighted by atomic mass is 32.2. The first-order valence-electron chi connectivity index (χ1n) is 12.0. The van der Waals surface area contributed by atoms with Crippen molar-refractivity contribution in [2.45, 2.75) is 35.4 Å². The smallest absolute Gasteiger partial charge is 0.405 e. The largest absolute Gasteiger partial charge is 0.507 e. The van der Waals surface area contributed by atoms with Crippen LogP contribution in [-0.2, 0) is 19.9 Å². The number of pyridine rings is 1. The van der Waals surface area contributed by atoms with Crippen LogP contribution >= 0.6 is 0 Å². The van der Waals surface area contributed by atoms with Gasteiger partial charge in [-0.05, 0) is 54.4 Å². The number of anilines is 2. The summed E-state index contributed by atoms with van der Waals surface area (Å²) in [7, 11) is -7.67. The van der Waals surface area contributed by atoms with Gasteiger partial charge in [0.2, 0.25) is 16.0 Å². The van der Waals surface area contributed by atoms with Crippen molar-refractivity contribution < 1.29 is 35.1 Å². The van der Waals surface area contributed by atoms with Crippen molar-refractivity contribution in [1.82, 2.24) is 15.0 Å². The standard InChI is InChI=1S/C25H25F3N6O5S2/c1-3-17(14-4-7-16(8-5-14)41(29,38)39)32-24-33-19-10-9-18(15-6-11-20(35)21(12-15)40(2,36)37)31-22(19)23(34-24)30-13-25(26,27)28/h4-12,17,35H,3,13H2,1-2H3,(H2,29,38,39)(H2,30,32,33,34)/t17-/m1/s1. The maximum atomic E-state index is 13.1. The van der Waals surface area contributed by atoms with Crippen LogP contribution in [0.25, 0.3) is 22.3 Å². The molecule has 0 amide bonds. The lowest BCUT2D eigenvalue weighted by Gasteiger charge is -2.19. The predicted molar refractivity (Wildman–Crippen MR) is 147 cm³/mol. The van der Waals surface area contributed by atoms with Gasteiger partial charge >= 0.3 is 6.18 Å². The Hall–Kier alpha value is -4.02. The number of sulfonamides is 1. The van der Waals surface area contributed by atoms with E-state index in [9.17, 15) is 35.1 Å². The summed E-state index contributed by atoms with van der Waals surface area (Å²) in [6.45, 7) is 0.430. The average Bonchev–Trinajstić information content (AvgIpc) is 2.89. The van der Waals surface area contributed by atoms with Gasteiger partial charge in [-0.25, -0.2) is 31.9 Å². The summed E-state index contributed by atoms with van der Waals surface area (Å²) in [6.07, 6.45) is -3.15. The van der Waals surface area contributed by atoms with Gasteiger partial charge in [0.25, 0.3) is 0 Å². The number of halogens is 3. The number of nitrogens with zero attached hydrogens (tertiary/aromatic N) is 3. The third kappa shape index (κ3) is 7.20. The van der Waals surface area contributed by atoms with Crippen LogP contribution < -0.4 is 15.8 Å². The Morgan fingerprint density at radius 2 is 1.66 bits per heavy atom. The number of sulfone groups is 1. The van der Waals surface area contributed by atoms with Gasteiger partial charge in [-0.3, -0.25) is 0 Å². The maximum Gasteiger partial charge on any atom is 0.405 e. The summed E-state index contributed by atoms with van der Waals surface area (Å²) in [6, 6.07) is 12.2. The number of nitrogens with one attached hydrogen (secondary N) is 2. The van der Waals surface area contributed by atoms with Crippen molar-refractivity contribution in [3.05, 3.63) is 60.2 Å². The van der Waals surface area contributed by atoms with Gasteiger partial charge in [0.05, 0.1) is 22.1 Å². The summed E-state index contributed by atoms with van der Waals surface area (Å²) in [5.74, 6) is -0.685. The van der Waals surface area contributed by atoms with Crippen LogP contribution in [0.1, 0.15) is 24.9 Å². The molecule has 2 aromatic heterocycles. The lowest BCUT2D eigenvalue weighted by Crippen LogP contribution is -2.22. The Kier molecular flexibility index (Phi) is 8.11. The topological polar surface area (TPSA) is 177 Å². The molecule has 0 radical (unpaired) electrons. The van der Waals surface area contributed by atoms with E-state index in [1.54, 1.807) is 12.1 Å². The SMILES string of the molecule is CC[C@@H](Nc1nc(NCC(F)(F)F)c2nc(-c3ccc(O)c(S(C)(=O)=O)c3)ccc2n1)c1ccc(S(N)(=O)=O)cc1. The van der Waals surface area contributed by atoms with Gasteiger partial charge in [-0.1, -0.05) is 19.1 Å². The summed E-state index contributed by atoms with van der Waals surface area (Å²) in [5.41, 5.74) is 1.36. The van der Waals surface area contributed by atoms with E-state index in [0.29, 0.717) is 17.5 Å². The molecule has 0 bridgehead atoms. The molecule has 0 spiro atoms. The van der Waals surface area contributed by atoms with Crippen LogP contribution in [0, 0.1) is 0 Å². The first-order chi connectivity index (χ1) is 19.0. The molecule has 41 heavy (non-hydrogen) atoms. The van der Waals surface area contributed by atoms with Crippen LogP contribution in [0.2, 0.25) is 0 Å². The Morgan fingerprint density at radius 1 is 0.976 bits per heavy atom. The summed E-state index contributed by atoms with van der Waals surface area (Å²) >= 11 is 0. The molecule has 0 aliphatic rings. The van der Waals surface area contributed by atoms with E-state index in [0.717, 1.165) is 6.26 Å². The summed E-state index contributed by atoms with van der Waals surface area (Å²) in [5, 5.41) is 20.4. The second kappa shape index (κ2) is 11.1. The van der Waals surface area contributed by atoms with Crippen molar-refractivity contribution in [2.24, 2.45) is 5.14 Å². The molecule has 5 N–H and O–H groups in total. The predicted octanol–water partition coefficient (Wildman–Crippen LogP) is 3.99. The van der Waals surface area contributed by atoms with Gasteiger partial charge in [0.15, 0.2) is 15.7 Å². The van der Waals surface area contributed by atoms with Gasteiger partial charge in [0, 0.05) is 11.8 Å². The van der Waals surface area contributed by atoms with Gasteiger partial charge in [0.1, 0.15) is 22.7 Å². The molecule has 11 nitrogen and oxygen atoms in total. The first kappa shape index (κ1) is 30.0. The van der Waals surface area contributed by atoms with E-state index in [1.165, 1.54) is 42.5 Å². The van der Waals surface area contributed by atoms with E-state index in [1.807, 2.05) is 6.92 Å². The van der Waals surface area contributed by atoms with E-state index in [-0.39, 0.29) is 38.3 Å². The number of hydrogen-bond donors (Lipinski definition) is 4. The van der Waals surface area contributed by atoms with Crippen molar-refractivity contribution >= 4 is 42.7 Å². The second-order valence-corrected chi connectivity index (χ2v) is 12.6. The Balaban J connectivity index is 1.76. The minimum Gasteiger partial charge on any atom is -0.507 e. The fourth-order valence-electron chi connectivity index (χ4n) is 3.98. The molecule has 2 aromatic carbocycles. The van der Waals surface area contributed by atoms with E-state index in [4.69, 9.17) is 5.14 Å². The van der Waals surface area contributed by atoms with E-state index in [2.05, 4.69) is 25.6 Å². The van der Waals surface area contributed by atoms with Crippen LogP contribution in [0.3, 0.4) is 0 Å². The van der Waals surface area contributed by atoms with Gasteiger partial charge in [-0.2, -0.15) is 18.2 Å². The van der Waals surface area contributed by atoms with Crippen LogP contribution in [0.4, 0.5) is 24.9 Å². The molecule has 1 atom stereocenters. The molecule has 4 rings (SSSR count). The molecule has 0 unspecified atom stereocenters. The minimum absolute atomic E-state index is 0.00293. The van der Waals surface area contributed by atoms with Crippen molar-refractivity contribution in [1.29, 1.82) is 0 Å². The Morgan fingerprint density at radius 3 is 2.24 bits per heavy atom. The molecule has 16 heteroatoms. The number of hydrogen-bond acceptors (Lipinski definition) is 10. The highest BCUT2D eigenvalue weighted by Crippen LogP contribution is 2.31. The number of phenolic OH excluding ortho intramolecular Hbond substituents is 1. The normalized spacial score (nSPS) is 13.2. The highest BCUT2D eigenvalue weighted by molar-refractivity contribution is 7.90. The zero-order chi connectivity index (χ0) is 30.2. The molecule has 218 valence electrons. The molecular weight excluding hydrogens is 585 g/mol. The fourth-order valence-corrected chi connectivity index (χ4v) is 5.29. The number of rotatable bonds is 9. The summed E-state index contributed by atoms with van der Waals surface area (Å²) in [4.78, 5) is 12.6. The first-order valence-corrected chi connectivity index (χ1v) is 15.4. The number of phenols is 1. The third-order valence-corrected chi connectivity index (χ3v) is 8.03. The van der Waals surface area contributed by atoms with E-state index < -0.39 is 44.4 Å². The van der Waals surface area contributed by atoms with Crippen LogP contribution in [0.5, 0.6) is 5.75 Å². The van der Waals surface area contributed by atoms with E-state index >= 15 is 0 Å². The molecule has 4 aromatic rings. The zero-order valence-corrected chi connectivity index (χ0v) is 23.3. The number of fused-ring (bicyclic) bond motifs is 1. The lowest BCUT2D eigenvalue weighted by molar-refractivity contribution is -0.115. The zero-order valence-electron chi connectivity index (χ0n) is 21.6. The van der Waals surface area contributed by atoms with Crippen molar-refractivity contribution in [3.8, 4) is 17.0 Å². The molecule has 0 aliphatic heterocycles. The molecule has 0 saturated heterocycles. The second-order valence-electron chi connectivity index (χ2n) is 9.10. The molecule has 0 saturated carbocycles. The Labute approximate surface area is 233 Å². The lowest BCUT2D eigenvalue weighted by atomic mass is 10.1. The quantitative estimate of drug-likeness (QED) is 0.217. The minimum atomic E-state index is -4.57. The van der Waals surface area contributed by atoms with Crippen molar-refractivity contribution in [3.63, 3.8) is 0 Å². The van der Waals surface area contributed by atoms with Crippen LogP contribution in [-0.4, -0.2) is 55.9 Å². The molecule has 0 fully saturated rings. The number of benzene rings is 2. The number of nitrogens with two attached hydrogens (primary N) is 1. The molecule has 2 heterocycles. The third-order valence-electron chi connectivity index (χ3n) is 5.98. The number of aromatic nitrogens is 3. The Bertz CT molecular complexity index is 1820. The van der Waals surface area contributed by atoms with Crippen LogP contribution in [0.15, 0.2) is 64.4 Å². The highest BCUT2D eigenvalue weighted by Gasteiger charge is 2.28. The van der Waals surface area contributed by atoms with Crippen molar-refractivity contribution in [2.75, 3.05) is 23.4 Å². The fraction of sp³-hybridized carbons (Fsp3) is 0.240. The van der Waals surface area contributed by atoms with Gasteiger partial charge < -0.3 is 15.7 Å². The monoisotopic (exact) mass is 610 g/mol. The average molecular weight is 611 g/mol. The maximum absolute atomic E-state index is 13.1. The molecular formula is C25H25F3N6O5S2. The number of primary sulfonamides is 1. The molecule has 0 aliphatic carbocycles. The van der Waals surface area contributed by atoms with Gasteiger partial charge in [-0.15, -0.1) is 0 Å².